The van der Waals surface area contributed by atoms with Crippen molar-refractivity contribution in [2.75, 3.05) is 4.90 Å². The molecule has 10 aromatic rings. The molecule has 0 spiro atoms. The van der Waals surface area contributed by atoms with Crippen molar-refractivity contribution >= 4 is 49.9 Å². The van der Waals surface area contributed by atoms with Crippen LogP contribution >= 0.6 is 0 Å². The monoisotopic (exact) mass is 943 g/mol. The van der Waals surface area contributed by atoms with Gasteiger partial charge < -0.3 is 9.47 Å². The Morgan fingerprint density at radius 2 is 1.19 bits per heavy atom. The molecule has 0 saturated heterocycles. The fraction of sp³-hybridized carbons (Fsp3) is 0.0943. The van der Waals surface area contributed by atoms with Gasteiger partial charge in [-0.1, -0.05) is 120 Å². The molecule has 0 aliphatic heterocycles. The maximum absolute atomic E-state index is 4.89. The quantitative estimate of drug-likeness (QED) is 0.149. The molecule has 3 aromatic heterocycles. The summed E-state index contributed by atoms with van der Waals surface area (Å²) in [6.07, 6.45) is 4.10. The van der Waals surface area contributed by atoms with Gasteiger partial charge in [0.2, 0.25) is 0 Å². The maximum Gasteiger partial charge on any atom is 0.188 e. The number of anilines is 3. The van der Waals surface area contributed by atoms with Crippen LogP contribution in [0.5, 0.6) is 0 Å². The third-order valence-corrected chi connectivity index (χ3v) is 11.0. The standard InChI is InChI=1S/C53H42N5.Pt/c1-37-31-32-54-51(33-37)58-47-26-12-11-23-45(47)46-30-29-42(35-50(46)58)57(52-43(38-17-7-5-8-18-38)24-16-25-44(52)39-19-9-6-10-20-39)41-22-15-21-40(34-41)55-36-56(53(2,3)4)49-28-14-13-27-48(49)55;/h5-33,36H,1-4H3;/q-1;. The first kappa shape index (κ1) is 38.0. The first-order valence-electron chi connectivity index (χ1n) is 19.8. The minimum atomic E-state index is -0.122. The van der Waals surface area contributed by atoms with Crippen molar-refractivity contribution in [2.45, 2.75) is 33.2 Å². The van der Waals surface area contributed by atoms with Crippen LogP contribution in [0.15, 0.2) is 182 Å². The van der Waals surface area contributed by atoms with Crippen LogP contribution in [-0.4, -0.2) is 18.7 Å². The zero-order chi connectivity index (χ0) is 39.4. The molecule has 0 saturated carbocycles. The van der Waals surface area contributed by atoms with Crippen molar-refractivity contribution in [2.24, 2.45) is 0 Å². The van der Waals surface area contributed by atoms with Gasteiger partial charge in [-0.25, -0.2) is 14.1 Å². The van der Waals surface area contributed by atoms with E-state index in [9.17, 15) is 0 Å². The summed E-state index contributed by atoms with van der Waals surface area (Å²) in [5.74, 6) is 0.862. The second-order valence-corrected chi connectivity index (χ2v) is 15.9. The molecule has 10 rings (SSSR count). The van der Waals surface area contributed by atoms with E-state index in [2.05, 4.69) is 229 Å². The number of hydrogen-bond donors (Lipinski definition) is 0. The summed E-state index contributed by atoms with van der Waals surface area (Å²) >= 11 is 0. The van der Waals surface area contributed by atoms with Gasteiger partial charge in [0, 0.05) is 61.7 Å². The molecule has 6 heteroatoms. The molecule has 0 radical (unpaired) electrons. The van der Waals surface area contributed by atoms with E-state index >= 15 is 0 Å². The Bertz CT molecular complexity index is 3060. The maximum atomic E-state index is 4.89. The number of rotatable bonds is 7. The molecular formula is C53H42N5Pt-. The molecule has 0 atom stereocenters. The van der Waals surface area contributed by atoms with Gasteiger partial charge in [-0.2, -0.15) is 12.1 Å². The Morgan fingerprint density at radius 1 is 0.576 bits per heavy atom. The number of benzene rings is 7. The molecule has 0 bridgehead atoms. The topological polar surface area (TPSA) is 30.9 Å². The normalized spacial score (nSPS) is 11.6. The molecule has 3 heterocycles. The van der Waals surface area contributed by atoms with Crippen molar-refractivity contribution in [3.05, 3.63) is 200 Å². The van der Waals surface area contributed by atoms with Crippen LogP contribution in [0.3, 0.4) is 0 Å². The predicted molar refractivity (Wildman–Crippen MR) is 241 cm³/mol. The van der Waals surface area contributed by atoms with Gasteiger partial charge in [0.1, 0.15) is 5.82 Å². The van der Waals surface area contributed by atoms with Crippen LogP contribution in [0.25, 0.3) is 66.6 Å². The smallest absolute Gasteiger partial charge is 0.188 e. The second-order valence-electron chi connectivity index (χ2n) is 15.9. The van der Waals surface area contributed by atoms with Gasteiger partial charge in [0.05, 0.1) is 11.2 Å². The zero-order valence-corrected chi connectivity index (χ0v) is 35.6. The van der Waals surface area contributed by atoms with Crippen molar-refractivity contribution in [1.82, 2.24) is 18.7 Å². The van der Waals surface area contributed by atoms with Crippen LogP contribution in [-0.2, 0) is 26.6 Å². The van der Waals surface area contributed by atoms with E-state index in [4.69, 9.17) is 4.98 Å². The van der Waals surface area contributed by atoms with Crippen LogP contribution in [0.1, 0.15) is 26.3 Å². The average Bonchev–Trinajstić information content (AvgIpc) is 3.81. The van der Waals surface area contributed by atoms with E-state index in [1.807, 2.05) is 12.3 Å². The Balaban J connectivity index is 0.00000449. The summed E-state index contributed by atoms with van der Waals surface area (Å²) in [6, 6.07) is 68.2. The van der Waals surface area contributed by atoms with Gasteiger partial charge in [-0.05, 0) is 80.1 Å². The summed E-state index contributed by atoms with van der Waals surface area (Å²) < 4.78 is 6.86. The van der Waals surface area contributed by atoms with Gasteiger partial charge in [0.15, 0.2) is 17.4 Å². The van der Waals surface area contributed by atoms with Crippen LogP contribution in [0.4, 0.5) is 17.1 Å². The summed E-state index contributed by atoms with van der Waals surface area (Å²) in [5, 5.41) is 2.27. The van der Waals surface area contributed by atoms with E-state index in [1.54, 1.807) is 0 Å². The minimum Gasteiger partial charge on any atom is -0.357 e. The first-order chi connectivity index (χ1) is 28.3. The number of imidazole rings is 1. The van der Waals surface area contributed by atoms with E-state index in [0.717, 1.165) is 83.7 Å². The molecule has 5 nitrogen and oxygen atoms in total. The van der Waals surface area contributed by atoms with E-state index < -0.39 is 0 Å². The van der Waals surface area contributed by atoms with Crippen LogP contribution in [0, 0.1) is 19.1 Å². The molecular weight excluding hydrogens is 902 g/mol. The SMILES string of the molecule is Cc1ccnc(-n2c3[c-]c(N(c4[c-]c(-n5[cH+]n(C(C)(C)C)c6ccccc65)ccc4)c4c(-c5ccccc5)cccc4-c4ccccc4)ccc3c3ccccc32)c1.[Pt]. The molecule has 0 aliphatic carbocycles. The molecule has 0 unspecified atom stereocenters. The predicted octanol–water partition coefficient (Wildman–Crippen LogP) is 13.7. The first-order valence-corrected chi connectivity index (χ1v) is 19.8. The summed E-state index contributed by atoms with van der Waals surface area (Å²) in [6.45, 7) is 8.85. The number of pyridine rings is 1. The third-order valence-electron chi connectivity index (χ3n) is 11.0. The Morgan fingerprint density at radius 3 is 1.86 bits per heavy atom. The van der Waals surface area contributed by atoms with Crippen molar-refractivity contribution < 1.29 is 21.1 Å². The van der Waals surface area contributed by atoms with E-state index in [1.165, 1.54) is 5.52 Å². The zero-order valence-electron chi connectivity index (χ0n) is 33.4. The van der Waals surface area contributed by atoms with Crippen molar-refractivity contribution in [1.29, 1.82) is 0 Å². The Labute approximate surface area is 359 Å². The van der Waals surface area contributed by atoms with Gasteiger partial charge in [0.25, 0.3) is 0 Å². The molecule has 0 aliphatic rings. The fourth-order valence-corrected chi connectivity index (χ4v) is 8.30. The molecule has 0 amide bonds. The molecule has 0 N–H and O–H groups in total. The Kier molecular flexibility index (Phi) is 9.87. The summed E-state index contributed by atoms with van der Waals surface area (Å²) in [5.41, 5.74) is 13.6. The van der Waals surface area contributed by atoms with Gasteiger partial charge >= 0.3 is 0 Å². The number of fused-ring (bicyclic) bond motifs is 4. The van der Waals surface area contributed by atoms with Crippen molar-refractivity contribution in [3.63, 3.8) is 0 Å². The average molecular weight is 944 g/mol. The molecule has 290 valence electrons. The van der Waals surface area contributed by atoms with Gasteiger partial charge in [-0.3, -0.25) is 0 Å². The second kappa shape index (κ2) is 15.3. The van der Waals surface area contributed by atoms with Crippen LogP contribution < -0.4 is 4.90 Å². The van der Waals surface area contributed by atoms with Gasteiger partial charge in [-0.15, -0.1) is 29.7 Å². The largest absolute Gasteiger partial charge is 0.357 e. The summed E-state index contributed by atoms with van der Waals surface area (Å²) in [4.78, 5) is 7.24. The van der Waals surface area contributed by atoms with Crippen LogP contribution in [0.2, 0.25) is 0 Å². The number of nitrogens with zero attached hydrogens (tertiary/aromatic N) is 5. The van der Waals surface area contributed by atoms with E-state index in [0.29, 0.717) is 0 Å². The minimum absolute atomic E-state index is 0. The molecule has 0 fully saturated rings. The van der Waals surface area contributed by atoms with Crippen molar-refractivity contribution in [3.8, 4) is 33.8 Å². The number of aromatic nitrogens is 4. The molecule has 7 aromatic carbocycles. The Hall–Kier alpha value is -6.55. The van der Waals surface area contributed by atoms with E-state index in [-0.39, 0.29) is 26.6 Å². The molecule has 59 heavy (non-hydrogen) atoms. The summed E-state index contributed by atoms with van der Waals surface area (Å²) in [7, 11) is 0. The number of hydrogen-bond acceptors (Lipinski definition) is 2. The number of para-hydroxylation sites is 4. The third kappa shape index (κ3) is 6.76. The number of aryl methyl sites for hydroxylation is 1. The fourth-order valence-electron chi connectivity index (χ4n) is 8.30.